The zero-order valence-corrected chi connectivity index (χ0v) is 11.8. The fourth-order valence-corrected chi connectivity index (χ4v) is 2.82. The number of likely N-dealkylation sites (tertiary alicyclic amines) is 1. The molecule has 17 heavy (non-hydrogen) atoms. The van der Waals surface area contributed by atoms with Crippen molar-refractivity contribution < 1.29 is 4.79 Å². The molecule has 2 heterocycles. The maximum Gasteiger partial charge on any atom is 0.270 e. The van der Waals surface area contributed by atoms with Gasteiger partial charge in [-0.2, -0.15) is 0 Å². The molecule has 0 saturated carbocycles. The molecule has 0 bridgehead atoms. The molecule has 1 aromatic rings. The SMILES string of the molecule is CNC1CCCN(C(=O)c2cc(Br)cn2C)C1. The van der Waals surface area contributed by atoms with E-state index in [4.69, 9.17) is 0 Å². The third-order valence-corrected chi connectivity index (χ3v) is 3.74. The Balaban J connectivity index is 2.12. The Kier molecular flexibility index (Phi) is 3.89. The van der Waals surface area contributed by atoms with Crippen LogP contribution in [0, 0.1) is 0 Å². The first-order chi connectivity index (χ1) is 8.11. The summed E-state index contributed by atoms with van der Waals surface area (Å²) < 4.78 is 2.82. The number of piperidine rings is 1. The van der Waals surface area contributed by atoms with E-state index >= 15 is 0 Å². The highest BCUT2D eigenvalue weighted by atomic mass is 79.9. The van der Waals surface area contributed by atoms with Crippen LogP contribution in [0.4, 0.5) is 0 Å². The maximum absolute atomic E-state index is 12.4. The van der Waals surface area contributed by atoms with E-state index in [1.807, 2.05) is 35.8 Å². The number of aromatic nitrogens is 1. The van der Waals surface area contributed by atoms with Crippen molar-refractivity contribution >= 4 is 21.8 Å². The van der Waals surface area contributed by atoms with Gasteiger partial charge in [-0.05, 0) is 41.9 Å². The first-order valence-electron chi connectivity index (χ1n) is 5.90. The Hall–Kier alpha value is -0.810. The van der Waals surface area contributed by atoms with Gasteiger partial charge in [0.2, 0.25) is 0 Å². The second kappa shape index (κ2) is 5.23. The van der Waals surface area contributed by atoms with E-state index in [1.165, 1.54) is 0 Å². The number of likely N-dealkylation sites (N-methyl/N-ethyl adjacent to an activating group) is 1. The fraction of sp³-hybridized carbons (Fsp3) is 0.583. The molecule has 0 spiro atoms. The predicted octanol–water partition coefficient (Wildman–Crippen LogP) is 1.61. The van der Waals surface area contributed by atoms with Gasteiger partial charge < -0.3 is 14.8 Å². The highest BCUT2D eigenvalue weighted by Gasteiger charge is 2.24. The predicted molar refractivity (Wildman–Crippen MR) is 71.1 cm³/mol. The summed E-state index contributed by atoms with van der Waals surface area (Å²) in [6, 6.07) is 2.31. The van der Waals surface area contributed by atoms with Crippen LogP contribution < -0.4 is 5.32 Å². The third kappa shape index (κ3) is 2.72. The summed E-state index contributed by atoms with van der Waals surface area (Å²) in [5, 5.41) is 3.25. The lowest BCUT2D eigenvalue weighted by Crippen LogP contribution is -2.47. The molecule has 1 fully saturated rings. The topological polar surface area (TPSA) is 37.3 Å². The van der Waals surface area contributed by atoms with Gasteiger partial charge in [-0.15, -0.1) is 0 Å². The normalized spacial score (nSPS) is 20.6. The Labute approximate surface area is 110 Å². The molecule has 0 radical (unpaired) electrons. The molecule has 94 valence electrons. The Morgan fingerprint density at radius 2 is 2.35 bits per heavy atom. The Bertz CT molecular complexity index is 416. The van der Waals surface area contributed by atoms with Crippen molar-refractivity contribution in [1.29, 1.82) is 0 Å². The molecule has 1 amide bonds. The second-order valence-corrected chi connectivity index (χ2v) is 5.45. The molecule has 4 nitrogen and oxygen atoms in total. The van der Waals surface area contributed by atoms with Gasteiger partial charge in [0.25, 0.3) is 5.91 Å². The van der Waals surface area contributed by atoms with Crippen molar-refractivity contribution in [3.05, 3.63) is 22.4 Å². The minimum atomic E-state index is 0.123. The molecular weight excluding hydrogens is 282 g/mol. The molecule has 0 aliphatic carbocycles. The van der Waals surface area contributed by atoms with Crippen molar-refractivity contribution in [3.8, 4) is 0 Å². The van der Waals surface area contributed by atoms with Crippen LogP contribution in [0.15, 0.2) is 16.7 Å². The number of amides is 1. The lowest BCUT2D eigenvalue weighted by Gasteiger charge is -2.32. The van der Waals surface area contributed by atoms with E-state index in [9.17, 15) is 4.79 Å². The minimum absolute atomic E-state index is 0.123. The Morgan fingerprint density at radius 3 is 2.94 bits per heavy atom. The number of halogens is 1. The minimum Gasteiger partial charge on any atom is -0.345 e. The molecule has 1 N–H and O–H groups in total. The summed E-state index contributed by atoms with van der Waals surface area (Å²) in [5.41, 5.74) is 0.744. The molecule has 1 saturated heterocycles. The second-order valence-electron chi connectivity index (χ2n) is 4.53. The van der Waals surface area contributed by atoms with Gasteiger partial charge in [0.15, 0.2) is 0 Å². The highest BCUT2D eigenvalue weighted by molar-refractivity contribution is 9.10. The molecule has 2 rings (SSSR count). The largest absolute Gasteiger partial charge is 0.345 e. The van der Waals surface area contributed by atoms with Gasteiger partial charge in [0.1, 0.15) is 5.69 Å². The zero-order valence-electron chi connectivity index (χ0n) is 10.2. The summed E-state index contributed by atoms with van der Waals surface area (Å²) in [4.78, 5) is 14.3. The van der Waals surface area contributed by atoms with Crippen LogP contribution in [0.5, 0.6) is 0 Å². The van der Waals surface area contributed by atoms with E-state index in [1.54, 1.807) is 0 Å². The number of hydrogen-bond acceptors (Lipinski definition) is 2. The van der Waals surface area contributed by atoms with Crippen LogP contribution in [0.3, 0.4) is 0 Å². The summed E-state index contributed by atoms with van der Waals surface area (Å²) in [5.74, 6) is 0.123. The van der Waals surface area contributed by atoms with E-state index in [0.717, 1.165) is 36.1 Å². The van der Waals surface area contributed by atoms with Crippen LogP contribution in [0.25, 0.3) is 0 Å². The van der Waals surface area contributed by atoms with Gasteiger partial charge in [0, 0.05) is 36.8 Å². The number of carbonyl (C=O) groups excluding carboxylic acids is 1. The summed E-state index contributed by atoms with van der Waals surface area (Å²) in [6.07, 6.45) is 4.13. The number of aryl methyl sites for hydroxylation is 1. The van der Waals surface area contributed by atoms with Crippen molar-refractivity contribution in [2.24, 2.45) is 7.05 Å². The van der Waals surface area contributed by atoms with E-state index in [-0.39, 0.29) is 5.91 Å². The molecule has 1 aliphatic rings. The molecular formula is C12H18BrN3O. The average molecular weight is 300 g/mol. The summed E-state index contributed by atoms with van der Waals surface area (Å²) >= 11 is 3.40. The maximum atomic E-state index is 12.4. The standard InChI is InChI=1S/C12H18BrN3O/c1-14-10-4-3-5-16(8-10)12(17)11-6-9(13)7-15(11)2/h6-7,10,14H,3-5,8H2,1-2H3. The van der Waals surface area contributed by atoms with Gasteiger partial charge in [-0.25, -0.2) is 0 Å². The van der Waals surface area contributed by atoms with Gasteiger partial charge in [-0.1, -0.05) is 0 Å². The molecule has 1 aromatic heterocycles. The first-order valence-corrected chi connectivity index (χ1v) is 6.69. The molecule has 0 aromatic carbocycles. The number of nitrogens with zero attached hydrogens (tertiary/aromatic N) is 2. The molecule has 1 aliphatic heterocycles. The zero-order chi connectivity index (χ0) is 12.4. The summed E-state index contributed by atoms with van der Waals surface area (Å²) in [7, 11) is 3.86. The highest BCUT2D eigenvalue weighted by Crippen LogP contribution is 2.18. The smallest absolute Gasteiger partial charge is 0.270 e. The van der Waals surface area contributed by atoms with Crippen molar-refractivity contribution in [2.75, 3.05) is 20.1 Å². The van der Waals surface area contributed by atoms with Crippen LogP contribution in [0.1, 0.15) is 23.3 Å². The van der Waals surface area contributed by atoms with E-state index in [2.05, 4.69) is 21.2 Å². The van der Waals surface area contributed by atoms with Crippen LogP contribution >= 0.6 is 15.9 Å². The average Bonchev–Trinajstić information content (AvgIpc) is 2.67. The molecule has 1 unspecified atom stereocenters. The number of rotatable bonds is 2. The first kappa shape index (κ1) is 12.6. The van der Waals surface area contributed by atoms with Gasteiger partial charge in [-0.3, -0.25) is 4.79 Å². The van der Waals surface area contributed by atoms with Gasteiger partial charge >= 0.3 is 0 Å². The number of carbonyl (C=O) groups is 1. The van der Waals surface area contributed by atoms with Crippen molar-refractivity contribution in [3.63, 3.8) is 0 Å². The lowest BCUT2D eigenvalue weighted by molar-refractivity contribution is 0.0688. The lowest BCUT2D eigenvalue weighted by atomic mass is 10.1. The van der Waals surface area contributed by atoms with E-state index in [0.29, 0.717) is 6.04 Å². The third-order valence-electron chi connectivity index (χ3n) is 3.31. The summed E-state index contributed by atoms with van der Waals surface area (Å²) in [6.45, 7) is 1.66. The van der Waals surface area contributed by atoms with Gasteiger partial charge in [0.05, 0.1) is 0 Å². The fourth-order valence-electron chi connectivity index (χ4n) is 2.30. The van der Waals surface area contributed by atoms with Crippen molar-refractivity contribution in [2.45, 2.75) is 18.9 Å². The Morgan fingerprint density at radius 1 is 1.59 bits per heavy atom. The quantitative estimate of drug-likeness (QED) is 0.901. The number of nitrogens with one attached hydrogen (secondary N) is 1. The number of hydrogen-bond donors (Lipinski definition) is 1. The van der Waals surface area contributed by atoms with E-state index < -0.39 is 0 Å². The van der Waals surface area contributed by atoms with Crippen LogP contribution in [-0.2, 0) is 7.05 Å². The van der Waals surface area contributed by atoms with Crippen molar-refractivity contribution in [1.82, 2.24) is 14.8 Å². The van der Waals surface area contributed by atoms with Crippen LogP contribution in [-0.4, -0.2) is 41.6 Å². The monoisotopic (exact) mass is 299 g/mol. The molecule has 5 heteroatoms. The van der Waals surface area contributed by atoms with Crippen LogP contribution in [0.2, 0.25) is 0 Å². The molecule has 1 atom stereocenters.